The second-order valence-electron chi connectivity index (χ2n) is 8.64. The van der Waals surface area contributed by atoms with Gasteiger partial charge in [-0.15, -0.1) is 0 Å². The number of amides is 2. The van der Waals surface area contributed by atoms with Crippen LogP contribution in [0.5, 0.6) is 0 Å². The zero-order valence-electron chi connectivity index (χ0n) is 20.3. The summed E-state index contributed by atoms with van der Waals surface area (Å²) in [6.07, 6.45) is 3.41. The Balaban J connectivity index is 1.58. The van der Waals surface area contributed by atoms with E-state index in [0.717, 1.165) is 10.2 Å². The van der Waals surface area contributed by atoms with Crippen LogP contribution in [0.15, 0.2) is 95.2 Å². The first kappa shape index (κ1) is 25.6. The van der Waals surface area contributed by atoms with Gasteiger partial charge in [0.25, 0.3) is 11.8 Å². The summed E-state index contributed by atoms with van der Waals surface area (Å²) in [7, 11) is 0. The third-order valence-corrected chi connectivity index (χ3v) is 6.59. The standard InChI is InChI=1S/C29H24BrFN4O3/c30-23-10-6-21(7-11-23)28(36)32-26(29(37)34-14-16-38-17-15-34)18-22-19-35(25-4-2-1-3-5-25)33-27(22)20-8-12-24(31)13-9-20/h1-13,18-19H,14-17H2,(H,32,36)/b26-18+. The van der Waals surface area contributed by atoms with E-state index in [2.05, 4.69) is 21.2 Å². The Morgan fingerprint density at radius 1 is 0.947 bits per heavy atom. The number of para-hydroxylation sites is 1. The fourth-order valence-electron chi connectivity index (χ4n) is 4.08. The van der Waals surface area contributed by atoms with Crippen LogP contribution in [0.1, 0.15) is 15.9 Å². The van der Waals surface area contributed by atoms with Crippen LogP contribution in [0, 0.1) is 5.82 Å². The Hall–Kier alpha value is -4.08. The number of carbonyl (C=O) groups excluding carboxylic acids is 2. The second-order valence-corrected chi connectivity index (χ2v) is 9.56. The number of benzene rings is 3. The van der Waals surface area contributed by atoms with Crippen molar-refractivity contribution in [1.29, 1.82) is 0 Å². The first-order chi connectivity index (χ1) is 18.5. The van der Waals surface area contributed by atoms with Crippen molar-refractivity contribution in [1.82, 2.24) is 20.0 Å². The van der Waals surface area contributed by atoms with Gasteiger partial charge in [-0.25, -0.2) is 9.07 Å². The van der Waals surface area contributed by atoms with Crippen LogP contribution in [0.4, 0.5) is 4.39 Å². The highest BCUT2D eigenvalue weighted by molar-refractivity contribution is 9.10. The molecule has 38 heavy (non-hydrogen) atoms. The number of morpholine rings is 1. The van der Waals surface area contributed by atoms with E-state index in [1.807, 2.05) is 30.3 Å². The van der Waals surface area contributed by atoms with E-state index in [9.17, 15) is 14.0 Å². The molecule has 0 bridgehead atoms. The Labute approximate surface area is 227 Å². The van der Waals surface area contributed by atoms with Gasteiger partial charge >= 0.3 is 0 Å². The molecule has 0 saturated carbocycles. The van der Waals surface area contributed by atoms with Gasteiger partial charge in [0.15, 0.2) is 0 Å². The molecule has 0 radical (unpaired) electrons. The summed E-state index contributed by atoms with van der Waals surface area (Å²) in [4.78, 5) is 28.4. The summed E-state index contributed by atoms with van der Waals surface area (Å²) < 4.78 is 21.6. The number of aromatic nitrogens is 2. The fourth-order valence-corrected chi connectivity index (χ4v) is 4.34. The number of ether oxygens (including phenoxy) is 1. The van der Waals surface area contributed by atoms with Gasteiger partial charge in [-0.2, -0.15) is 5.10 Å². The lowest BCUT2D eigenvalue weighted by molar-refractivity contribution is -0.131. The average molecular weight is 575 g/mol. The van der Waals surface area contributed by atoms with Gasteiger partial charge in [0.1, 0.15) is 17.2 Å². The molecule has 1 aliphatic heterocycles. The lowest BCUT2D eigenvalue weighted by Gasteiger charge is -2.27. The molecule has 1 fully saturated rings. The average Bonchev–Trinajstić information content (AvgIpc) is 3.37. The Morgan fingerprint density at radius 3 is 2.32 bits per heavy atom. The maximum Gasteiger partial charge on any atom is 0.270 e. The van der Waals surface area contributed by atoms with Gasteiger partial charge in [0.2, 0.25) is 0 Å². The number of rotatable bonds is 6. The molecule has 2 heterocycles. The SMILES string of the molecule is O=C(N/C(=C/c1cn(-c2ccccc2)nc1-c1ccc(F)cc1)C(=O)N1CCOCC1)c1ccc(Br)cc1. The second kappa shape index (κ2) is 11.5. The third kappa shape index (κ3) is 5.90. The molecule has 4 aromatic rings. The Bertz CT molecular complexity index is 1460. The van der Waals surface area contributed by atoms with Crippen LogP contribution in [-0.2, 0) is 9.53 Å². The molecule has 0 aliphatic carbocycles. The van der Waals surface area contributed by atoms with Crippen molar-refractivity contribution in [2.45, 2.75) is 0 Å². The maximum atomic E-state index is 13.7. The maximum absolute atomic E-state index is 13.7. The Kier molecular flexibility index (Phi) is 7.76. The van der Waals surface area contributed by atoms with Crippen LogP contribution < -0.4 is 5.32 Å². The number of nitrogens with one attached hydrogen (secondary N) is 1. The molecule has 9 heteroatoms. The van der Waals surface area contributed by atoms with E-state index >= 15 is 0 Å². The van der Waals surface area contributed by atoms with Crippen LogP contribution in [0.2, 0.25) is 0 Å². The fraction of sp³-hybridized carbons (Fsp3) is 0.138. The van der Waals surface area contributed by atoms with E-state index < -0.39 is 5.91 Å². The van der Waals surface area contributed by atoms with Crippen LogP contribution in [0.25, 0.3) is 23.0 Å². The number of nitrogens with zero attached hydrogens (tertiary/aromatic N) is 3. The highest BCUT2D eigenvalue weighted by Gasteiger charge is 2.24. The predicted octanol–water partition coefficient (Wildman–Crippen LogP) is 5.07. The summed E-state index contributed by atoms with van der Waals surface area (Å²) >= 11 is 3.37. The molecule has 1 saturated heterocycles. The van der Waals surface area contributed by atoms with E-state index in [-0.39, 0.29) is 17.4 Å². The predicted molar refractivity (Wildman–Crippen MR) is 146 cm³/mol. The molecule has 0 atom stereocenters. The number of hydrogen-bond acceptors (Lipinski definition) is 4. The molecule has 1 aromatic heterocycles. The summed E-state index contributed by atoms with van der Waals surface area (Å²) in [5, 5.41) is 7.55. The molecule has 7 nitrogen and oxygen atoms in total. The van der Waals surface area contributed by atoms with Gasteiger partial charge in [-0.1, -0.05) is 34.1 Å². The molecule has 2 amide bonds. The molecule has 0 spiro atoms. The van der Waals surface area contributed by atoms with Gasteiger partial charge in [0, 0.05) is 40.4 Å². The van der Waals surface area contributed by atoms with Crippen LogP contribution in [-0.4, -0.2) is 52.8 Å². The topological polar surface area (TPSA) is 76.5 Å². The smallest absolute Gasteiger partial charge is 0.270 e. The lowest BCUT2D eigenvalue weighted by atomic mass is 10.1. The first-order valence-electron chi connectivity index (χ1n) is 12.0. The van der Waals surface area contributed by atoms with E-state index in [4.69, 9.17) is 9.84 Å². The highest BCUT2D eigenvalue weighted by atomic mass is 79.9. The molecule has 1 N–H and O–H groups in total. The van der Waals surface area contributed by atoms with Crippen molar-refractivity contribution < 1.29 is 18.7 Å². The Morgan fingerprint density at radius 2 is 1.63 bits per heavy atom. The molecule has 1 aliphatic rings. The zero-order valence-corrected chi connectivity index (χ0v) is 21.9. The minimum atomic E-state index is -0.413. The number of halogens is 2. The van der Waals surface area contributed by atoms with Gasteiger partial charge < -0.3 is 15.0 Å². The van der Waals surface area contributed by atoms with Crippen molar-refractivity contribution in [2.24, 2.45) is 0 Å². The van der Waals surface area contributed by atoms with E-state index in [1.165, 1.54) is 12.1 Å². The lowest BCUT2D eigenvalue weighted by Crippen LogP contribution is -2.44. The quantitative estimate of drug-likeness (QED) is 0.326. The van der Waals surface area contributed by atoms with Gasteiger partial charge in [-0.05, 0) is 66.7 Å². The normalized spacial score (nSPS) is 13.8. The van der Waals surface area contributed by atoms with Crippen molar-refractivity contribution in [2.75, 3.05) is 26.3 Å². The molecule has 3 aromatic carbocycles. The third-order valence-electron chi connectivity index (χ3n) is 6.06. The molecule has 0 unspecified atom stereocenters. The molecular formula is C29H24BrFN4O3. The molecule has 192 valence electrons. The van der Waals surface area contributed by atoms with Crippen LogP contribution in [0.3, 0.4) is 0 Å². The van der Waals surface area contributed by atoms with Crippen molar-refractivity contribution in [3.05, 3.63) is 112 Å². The van der Waals surface area contributed by atoms with Crippen LogP contribution >= 0.6 is 15.9 Å². The first-order valence-corrected chi connectivity index (χ1v) is 12.8. The van der Waals surface area contributed by atoms with E-state index in [1.54, 1.807) is 58.3 Å². The van der Waals surface area contributed by atoms with Gasteiger partial charge in [-0.3, -0.25) is 9.59 Å². The van der Waals surface area contributed by atoms with Crippen molar-refractivity contribution >= 4 is 33.8 Å². The monoisotopic (exact) mass is 574 g/mol. The molecule has 5 rings (SSSR count). The number of carbonyl (C=O) groups is 2. The summed E-state index contributed by atoms with van der Waals surface area (Å²) in [5.41, 5.74) is 3.14. The number of hydrogen-bond donors (Lipinski definition) is 1. The molecular weight excluding hydrogens is 551 g/mol. The van der Waals surface area contributed by atoms with Crippen molar-refractivity contribution in [3.63, 3.8) is 0 Å². The minimum absolute atomic E-state index is 0.107. The minimum Gasteiger partial charge on any atom is -0.378 e. The van der Waals surface area contributed by atoms with Gasteiger partial charge in [0.05, 0.1) is 18.9 Å². The zero-order chi connectivity index (χ0) is 26.5. The summed E-state index contributed by atoms with van der Waals surface area (Å²) in [5.74, 6) is -1.10. The summed E-state index contributed by atoms with van der Waals surface area (Å²) in [6.45, 7) is 1.68. The largest absolute Gasteiger partial charge is 0.378 e. The highest BCUT2D eigenvalue weighted by Crippen LogP contribution is 2.26. The summed E-state index contributed by atoms with van der Waals surface area (Å²) in [6, 6.07) is 22.4. The van der Waals surface area contributed by atoms with E-state index in [0.29, 0.717) is 48.7 Å². The van der Waals surface area contributed by atoms with Crippen molar-refractivity contribution in [3.8, 4) is 16.9 Å².